The number of ketones is 1. The van der Waals surface area contributed by atoms with E-state index in [-0.39, 0.29) is 22.1 Å². The fraction of sp³-hybridized carbons (Fsp3) is 0.286. The predicted molar refractivity (Wildman–Crippen MR) is 96.5 cm³/mol. The standard InChI is InChI=1S/C14H12Br2N2O5S/c1-8-6-11(12(15)14(2,16)13(8)19)17-24(22,23)10-5-3-4-9(7-10)18(20)21/h3-7,12H,1-2H3. The molecule has 24 heavy (non-hydrogen) atoms. The van der Waals surface area contributed by atoms with Crippen LogP contribution in [0.3, 0.4) is 0 Å². The van der Waals surface area contributed by atoms with Gasteiger partial charge in [-0.25, -0.2) is 0 Å². The highest BCUT2D eigenvalue weighted by Gasteiger charge is 2.44. The number of Topliss-reactive ketones (excluding diaryl/α,β-unsaturated/α-hetero) is 1. The monoisotopic (exact) mass is 478 g/mol. The molecule has 0 spiro atoms. The van der Waals surface area contributed by atoms with Gasteiger partial charge in [0.2, 0.25) is 0 Å². The number of halogens is 2. The topological polar surface area (TPSA) is 107 Å². The lowest BCUT2D eigenvalue weighted by Gasteiger charge is -2.31. The van der Waals surface area contributed by atoms with Gasteiger partial charge in [-0.2, -0.15) is 12.8 Å². The minimum Gasteiger partial charge on any atom is -0.293 e. The maximum absolute atomic E-state index is 12.5. The Morgan fingerprint density at radius 1 is 1.38 bits per heavy atom. The van der Waals surface area contributed by atoms with Crippen LogP contribution in [-0.2, 0) is 14.8 Å². The molecular weight excluding hydrogens is 468 g/mol. The third kappa shape index (κ3) is 3.50. The van der Waals surface area contributed by atoms with Crippen LogP contribution in [0.1, 0.15) is 13.8 Å². The van der Waals surface area contributed by atoms with Crippen LogP contribution in [0.25, 0.3) is 0 Å². The number of nitro groups is 1. The third-order valence-corrected chi connectivity index (χ3v) is 7.57. The molecule has 7 nitrogen and oxygen atoms in total. The summed E-state index contributed by atoms with van der Waals surface area (Å²) in [6.45, 7) is 3.18. The number of carbonyl (C=O) groups is 1. The number of nitrogens with zero attached hydrogens (tertiary/aromatic N) is 2. The number of allylic oxidation sites excluding steroid dienone is 2. The number of non-ortho nitro benzene ring substituents is 1. The molecule has 2 atom stereocenters. The van der Waals surface area contributed by atoms with Crippen LogP contribution >= 0.6 is 31.9 Å². The van der Waals surface area contributed by atoms with Gasteiger partial charge in [-0.1, -0.05) is 37.9 Å². The first-order chi connectivity index (χ1) is 11.0. The molecule has 0 aliphatic heterocycles. The number of carbonyl (C=O) groups excluding carboxylic acids is 1. The number of hydrogen-bond donors (Lipinski definition) is 0. The van der Waals surface area contributed by atoms with Crippen molar-refractivity contribution in [2.75, 3.05) is 0 Å². The zero-order chi connectivity index (χ0) is 18.3. The lowest BCUT2D eigenvalue weighted by atomic mass is 9.88. The number of alkyl halides is 2. The van der Waals surface area contributed by atoms with Gasteiger partial charge in [0.25, 0.3) is 15.7 Å². The minimum atomic E-state index is -4.16. The highest BCUT2D eigenvalue weighted by atomic mass is 79.9. The van der Waals surface area contributed by atoms with E-state index in [1.165, 1.54) is 24.3 Å². The maximum atomic E-state index is 12.5. The fourth-order valence-electron chi connectivity index (χ4n) is 2.16. The third-order valence-electron chi connectivity index (χ3n) is 3.45. The molecule has 10 heteroatoms. The Hall–Kier alpha value is -1.39. The van der Waals surface area contributed by atoms with E-state index in [9.17, 15) is 23.3 Å². The second-order valence-corrected chi connectivity index (χ2v) is 9.51. The Kier molecular flexibility index (Phi) is 5.12. The lowest BCUT2D eigenvalue weighted by molar-refractivity contribution is -0.385. The fourth-order valence-corrected chi connectivity index (χ4v) is 4.35. The van der Waals surface area contributed by atoms with Crippen molar-refractivity contribution in [3.8, 4) is 0 Å². The molecule has 0 amide bonds. The molecule has 0 heterocycles. The summed E-state index contributed by atoms with van der Waals surface area (Å²) in [6, 6.07) is 4.64. The average molecular weight is 480 g/mol. The number of nitro benzene ring substituents is 1. The first-order valence-corrected chi connectivity index (χ1v) is 9.77. The van der Waals surface area contributed by atoms with Crippen LogP contribution in [-0.4, -0.2) is 34.0 Å². The van der Waals surface area contributed by atoms with E-state index in [1.807, 2.05) is 0 Å². The van der Waals surface area contributed by atoms with E-state index >= 15 is 0 Å². The summed E-state index contributed by atoms with van der Waals surface area (Å²) >= 11 is 6.59. The minimum absolute atomic E-state index is 0.137. The number of benzene rings is 1. The molecular formula is C14H12Br2N2O5S. The molecule has 128 valence electrons. The summed E-state index contributed by atoms with van der Waals surface area (Å²) < 4.78 is 27.6. The lowest BCUT2D eigenvalue weighted by Crippen LogP contribution is -2.46. The van der Waals surface area contributed by atoms with E-state index in [4.69, 9.17) is 0 Å². The van der Waals surface area contributed by atoms with Crippen LogP contribution in [0.15, 0.2) is 45.2 Å². The molecule has 0 fully saturated rings. The van der Waals surface area contributed by atoms with Gasteiger partial charge >= 0.3 is 0 Å². The molecule has 2 rings (SSSR count). The molecule has 1 aromatic rings. The van der Waals surface area contributed by atoms with Crippen LogP contribution < -0.4 is 0 Å². The molecule has 0 bridgehead atoms. The van der Waals surface area contributed by atoms with Crippen molar-refractivity contribution in [2.45, 2.75) is 27.9 Å². The van der Waals surface area contributed by atoms with Gasteiger partial charge in [-0.05, 0) is 31.6 Å². The predicted octanol–water partition coefficient (Wildman–Crippen LogP) is 3.17. The summed E-state index contributed by atoms with van der Waals surface area (Å²) in [5.41, 5.74) is 0.151. The smallest absolute Gasteiger partial charge is 0.282 e. The van der Waals surface area contributed by atoms with Crippen LogP contribution in [0, 0.1) is 10.1 Å². The van der Waals surface area contributed by atoms with Gasteiger partial charge in [-0.15, -0.1) is 0 Å². The zero-order valence-electron chi connectivity index (χ0n) is 12.6. The van der Waals surface area contributed by atoms with Crippen molar-refractivity contribution in [3.63, 3.8) is 0 Å². The molecule has 0 saturated heterocycles. The van der Waals surface area contributed by atoms with Crippen molar-refractivity contribution in [2.24, 2.45) is 4.40 Å². The van der Waals surface area contributed by atoms with Crippen molar-refractivity contribution in [1.82, 2.24) is 0 Å². The first-order valence-electron chi connectivity index (χ1n) is 6.62. The largest absolute Gasteiger partial charge is 0.293 e. The molecule has 0 radical (unpaired) electrons. The summed E-state index contributed by atoms with van der Waals surface area (Å²) in [6.07, 6.45) is 1.39. The van der Waals surface area contributed by atoms with Gasteiger partial charge in [0.15, 0.2) is 5.78 Å². The Morgan fingerprint density at radius 2 is 2.00 bits per heavy atom. The summed E-state index contributed by atoms with van der Waals surface area (Å²) in [5.74, 6) is -0.184. The SMILES string of the molecule is CC1=CC(=NS(=O)(=O)c2cccc([N+](=O)[O-])c2)C(Br)C(C)(Br)C1=O. The first kappa shape index (κ1) is 18.9. The van der Waals surface area contributed by atoms with E-state index in [2.05, 4.69) is 36.3 Å². The van der Waals surface area contributed by atoms with Crippen molar-refractivity contribution in [3.05, 3.63) is 46.0 Å². The van der Waals surface area contributed by atoms with Crippen LogP contribution in [0.2, 0.25) is 0 Å². The Balaban J connectivity index is 2.55. The quantitative estimate of drug-likeness (QED) is 0.376. The Morgan fingerprint density at radius 3 is 2.58 bits per heavy atom. The van der Waals surface area contributed by atoms with E-state index in [0.717, 1.165) is 6.07 Å². The number of hydrogen-bond acceptors (Lipinski definition) is 5. The van der Waals surface area contributed by atoms with Crippen molar-refractivity contribution < 1.29 is 18.1 Å². The Bertz CT molecular complexity index is 890. The summed E-state index contributed by atoms with van der Waals surface area (Å²) in [5, 5.41) is 10.8. The van der Waals surface area contributed by atoms with E-state index in [0.29, 0.717) is 5.57 Å². The second kappa shape index (κ2) is 6.49. The van der Waals surface area contributed by atoms with Gasteiger partial charge in [0, 0.05) is 12.1 Å². The highest BCUT2D eigenvalue weighted by molar-refractivity contribution is 9.13. The van der Waals surface area contributed by atoms with Gasteiger partial charge in [0.05, 0.1) is 20.4 Å². The molecule has 1 aromatic carbocycles. The Labute approximate surface area is 155 Å². The number of sulfonamides is 1. The van der Waals surface area contributed by atoms with Crippen LogP contribution in [0.5, 0.6) is 0 Å². The summed E-state index contributed by atoms with van der Waals surface area (Å²) in [7, 11) is -4.16. The maximum Gasteiger partial charge on any atom is 0.282 e. The average Bonchev–Trinajstić information content (AvgIpc) is 2.51. The molecule has 2 unspecified atom stereocenters. The van der Waals surface area contributed by atoms with Gasteiger partial charge < -0.3 is 0 Å². The second-order valence-electron chi connectivity index (χ2n) is 5.34. The van der Waals surface area contributed by atoms with Crippen molar-refractivity contribution >= 4 is 59.1 Å². The summed E-state index contributed by atoms with van der Waals surface area (Å²) in [4.78, 5) is 21.3. The van der Waals surface area contributed by atoms with Gasteiger partial charge in [0.1, 0.15) is 4.32 Å². The van der Waals surface area contributed by atoms with Crippen molar-refractivity contribution in [1.29, 1.82) is 0 Å². The van der Waals surface area contributed by atoms with Crippen LogP contribution in [0.4, 0.5) is 5.69 Å². The highest BCUT2D eigenvalue weighted by Crippen LogP contribution is 2.36. The molecule has 1 aliphatic carbocycles. The number of rotatable bonds is 3. The normalized spacial score (nSPS) is 26.3. The van der Waals surface area contributed by atoms with Gasteiger partial charge in [-0.3, -0.25) is 14.9 Å². The molecule has 0 aromatic heterocycles. The van der Waals surface area contributed by atoms with E-state index < -0.39 is 24.1 Å². The molecule has 0 saturated carbocycles. The zero-order valence-corrected chi connectivity index (χ0v) is 16.6. The molecule has 1 aliphatic rings. The van der Waals surface area contributed by atoms with E-state index in [1.54, 1.807) is 13.8 Å². The molecule has 0 N–H and O–H groups in total.